The number of guanidine groups is 1. The maximum Gasteiger partial charge on any atom is 0.191 e. The Balaban J connectivity index is 0.00000210. The molecular formula is C21H32BrIN4. The average Bonchev–Trinajstić information content (AvgIpc) is 3.55. The predicted octanol–water partition coefficient (Wildman–Crippen LogP) is 4.39. The van der Waals surface area contributed by atoms with Crippen molar-refractivity contribution < 1.29 is 0 Å². The lowest BCUT2D eigenvalue weighted by Crippen LogP contribution is -2.49. The van der Waals surface area contributed by atoms with Gasteiger partial charge in [-0.05, 0) is 67.6 Å². The Morgan fingerprint density at radius 1 is 1.15 bits per heavy atom. The maximum absolute atomic E-state index is 4.46. The van der Waals surface area contributed by atoms with E-state index in [1.165, 1.54) is 44.1 Å². The van der Waals surface area contributed by atoms with E-state index in [0.29, 0.717) is 11.5 Å². The van der Waals surface area contributed by atoms with Gasteiger partial charge in [0, 0.05) is 43.7 Å². The van der Waals surface area contributed by atoms with Crippen molar-refractivity contribution in [3.8, 4) is 0 Å². The van der Waals surface area contributed by atoms with Crippen molar-refractivity contribution in [2.24, 2.45) is 16.3 Å². The third kappa shape index (κ3) is 5.82. The highest BCUT2D eigenvalue weighted by Gasteiger charge is 2.53. The smallest absolute Gasteiger partial charge is 0.191 e. The molecule has 4 rings (SSSR count). The molecule has 1 aromatic rings. The molecule has 0 spiro atoms. The molecule has 0 bridgehead atoms. The normalized spacial score (nSPS) is 22.8. The second-order valence-electron chi connectivity index (χ2n) is 8.38. The van der Waals surface area contributed by atoms with Crippen LogP contribution in [0.5, 0.6) is 0 Å². The van der Waals surface area contributed by atoms with Crippen LogP contribution in [0.25, 0.3) is 0 Å². The van der Waals surface area contributed by atoms with Crippen molar-refractivity contribution in [2.75, 3.05) is 26.7 Å². The first-order chi connectivity index (χ1) is 12.7. The Labute approximate surface area is 189 Å². The van der Waals surface area contributed by atoms with Crippen molar-refractivity contribution >= 4 is 45.9 Å². The molecule has 150 valence electrons. The van der Waals surface area contributed by atoms with E-state index in [1.807, 2.05) is 7.05 Å². The summed E-state index contributed by atoms with van der Waals surface area (Å²) in [4.78, 5) is 7.02. The fourth-order valence-corrected chi connectivity index (χ4v) is 4.58. The van der Waals surface area contributed by atoms with E-state index in [-0.39, 0.29) is 24.0 Å². The van der Waals surface area contributed by atoms with E-state index in [1.54, 1.807) is 0 Å². The van der Waals surface area contributed by atoms with E-state index < -0.39 is 0 Å². The summed E-state index contributed by atoms with van der Waals surface area (Å²) in [6.07, 6.45) is 8.09. The second kappa shape index (κ2) is 9.44. The fraction of sp³-hybridized carbons (Fsp3) is 0.667. The number of piperidine rings is 1. The lowest BCUT2D eigenvalue weighted by molar-refractivity contribution is 0.198. The highest BCUT2D eigenvalue weighted by molar-refractivity contribution is 14.0. The number of hydrogen-bond acceptors (Lipinski definition) is 2. The largest absolute Gasteiger partial charge is 0.356 e. The zero-order valence-corrected chi connectivity index (χ0v) is 20.1. The summed E-state index contributed by atoms with van der Waals surface area (Å²) in [5, 5.41) is 7.28. The van der Waals surface area contributed by atoms with Gasteiger partial charge in [-0.15, -0.1) is 24.0 Å². The molecule has 1 saturated heterocycles. The van der Waals surface area contributed by atoms with E-state index >= 15 is 0 Å². The van der Waals surface area contributed by atoms with Crippen molar-refractivity contribution in [1.82, 2.24) is 15.5 Å². The number of benzene rings is 1. The summed E-state index contributed by atoms with van der Waals surface area (Å²) in [6, 6.07) is 9.24. The Morgan fingerprint density at radius 2 is 1.81 bits per heavy atom. The number of rotatable bonds is 6. The molecule has 3 aliphatic rings. The summed E-state index contributed by atoms with van der Waals surface area (Å²) in [5.74, 6) is 2.00. The Kier molecular flexibility index (Phi) is 7.47. The van der Waals surface area contributed by atoms with Gasteiger partial charge in [-0.1, -0.05) is 28.1 Å². The van der Waals surface area contributed by atoms with Crippen LogP contribution in [0.3, 0.4) is 0 Å². The molecule has 2 N–H and O–H groups in total. The van der Waals surface area contributed by atoms with Gasteiger partial charge in [0.1, 0.15) is 0 Å². The van der Waals surface area contributed by atoms with Crippen LogP contribution in [-0.2, 0) is 6.54 Å². The van der Waals surface area contributed by atoms with Gasteiger partial charge in [0.25, 0.3) is 0 Å². The standard InChI is InChI=1S/C21H31BrN4.HI/c1-23-20(24-15-21(10-11-21)17-4-5-17)25-19-8-12-26(13-9-19)14-16-2-6-18(22)7-3-16;/h2-3,6-7,17,19H,4-5,8-15H2,1H3,(H2,23,24,25);1H. The molecule has 2 aliphatic carbocycles. The summed E-state index contributed by atoms with van der Waals surface area (Å²) in [5.41, 5.74) is 2.01. The van der Waals surface area contributed by atoms with E-state index in [2.05, 4.69) is 60.7 Å². The molecule has 6 heteroatoms. The minimum absolute atomic E-state index is 0. The molecule has 0 radical (unpaired) electrons. The first-order valence-corrected chi connectivity index (χ1v) is 10.9. The highest BCUT2D eigenvalue weighted by Crippen LogP contribution is 2.60. The first-order valence-electron chi connectivity index (χ1n) is 10.1. The number of likely N-dealkylation sites (tertiary alicyclic amines) is 1. The predicted molar refractivity (Wildman–Crippen MR) is 127 cm³/mol. The van der Waals surface area contributed by atoms with Gasteiger partial charge < -0.3 is 10.6 Å². The third-order valence-corrected chi connectivity index (χ3v) is 6.94. The van der Waals surface area contributed by atoms with Gasteiger partial charge in [-0.25, -0.2) is 0 Å². The second-order valence-corrected chi connectivity index (χ2v) is 9.30. The minimum atomic E-state index is 0. The summed E-state index contributed by atoms with van der Waals surface area (Å²) in [7, 11) is 1.90. The number of hydrogen-bond donors (Lipinski definition) is 2. The van der Waals surface area contributed by atoms with E-state index in [9.17, 15) is 0 Å². The molecular weight excluding hydrogens is 515 g/mol. The van der Waals surface area contributed by atoms with Crippen LogP contribution in [0, 0.1) is 11.3 Å². The maximum atomic E-state index is 4.46. The van der Waals surface area contributed by atoms with Crippen LogP contribution in [0.1, 0.15) is 44.1 Å². The minimum Gasteiger partial charge on any atom is -0.356 e. The van der Waals surface area contributed by atoms with Crippen LogP contribution in [0.2, 0.25) is 0 Å². The SMILES string of the molecule is CN=C(NCC1(C2CC2)CC1)NC1CCN(Cc2ccc(Br)cc2)CC1.I. The first kappa shape index (κ1) is 21.4. The number of nitrogens with zero attached hydrogens (tertiary/aromatic N) is 2. The van der Waals surface area contributed by atoms with Gasteiger partial charge in [-0.3, -0.25) is 9.89 Å². The van der Waals surface area contributed by atoms with Crippen LogP contribution in [0.15, 0.2) is 33.7 Å². The monoisotopic (exact) mass is 546 g/mol. The Morgan fingerprint density at radius 3 is 2.37 bits per heavy atom. The molecule has 0 amide bonds. The Bertz CT molecular complexity index is 632. The third-order valence-electron chi connectivity index (χ3n) is 6.41. The van der Waals surface area contributed by atoms with Crippen molar-refractivity contribution in [3.63, 3.8) is 0 Å². The zero-order valence-electron chi connectivity index (χ0n) is 16.2. The lowest BCUT2D eigenvalue weighted by Gasteiger charge is -2.33. The van der Waals surface area contributed by atoms with Gasteiger partial charge in [0.05, 0.1) is 0 Å². The topological polar surface area (TPSA) is 39.7 Å². The molecule has 0 aromatic heterocycles. The van der Waals surface area contributed by atoms with Crippen molar-refractivity contribution in [2.45, 2.75) is 51.1 Å². The number of halogens is 2. The number of aliphatic imine (C=N–C) groups is 1. The quantitative estimate of drug-likeness (QED) is 0.316. The molecule has 27 heavy (non-hydrogen) atoms. The summed E-state index contributed by atoms with van der Waals surface area (Å²) >= 11 is 3.51. The lowest BCUT2D eigenvalue weighted by atomic mass is 10.0. The summed E-state index contributed by atoms with van der Waals surface area (Å²) in [6.45, 7) is 4.46. The Hall–Kier alpha value is -0.340. The summed E-state index contributed by atoms with van der Waals surface area (Å²) < 4.78 is 1.15. The average molecular weight is 547 g/mol. The van der Waals surface area contributed by atoms with E-state index in [4.69, 9.17) is 0 Å². The molecule has 1 heterocycles. The van der Waals surface area contributed by atoms with Crippen LogP contribution >= 0.6 is 39.9 Å². The van der Waals surface area contributed by atoms with Crippen molar-refractivity contribution in [3.05, 3.63) is 34.3 Å². The van der Waals surface area contributed by atoms with Crippen molar-refractivity contribution in [1.29, 1.82) is 0 Å². The zero-order chi connectivity index (χ0) is 18.0. The molecule has 0 unspecified atom stereocenters. The molecule has 2 saturated carbocycles. The molecule has 0 atom stereocenters. The molecule has 1 aromatic carbocycles. The fourth-order valence-electron chi connectivity index (χ4n) is 4.32. The van der Waals surface area contributed by atoms with Crippen LogP contribution < -0.4 is 10.6 Å². The van der Waals surface area contributed by atoms with Gasteiger partial charge in [0.15, 0.2) is 5.96 Å². The molecule has 1 aliphatic heterocycles. The van der Waals surface area contributed by atoms with Gasteiger partial charge >= 0.3 is 0 Å². The van der Waals surface area contributed by atoms with Gasteiger partial charge in [-0.2, -0.15) is 0 Å². The van der Waals surface area contributed by atoms with Crippen LogP contribution in [0.4, 0.5) is 0 Å². The van der Waals surface area contributed by atoms with Crippen LogP contribution in [-0.4, -0.2) is 43.6 Å². The highest BCUT2D eigenvalue weighted by atomic mass is 127. The van der Waals surface area contributed by atoms with Gasteiger partial charge in [0.2, 0.25) is 0 Å². The molecule has 4 nitrogen and oxygen atoms in total. The number of nitrogens with one attached hydrogen (secondary N) is 2. The molecule has 3 fully saturated rings. The van der Waals surface area contributed by atoms with E-state index in [0.717, 1.165) is 42.5 Å².